The summed E-state index contributed by atoms with van der Waals surface area (Å²) in [4.78, 5) is 0. The molecule has 2 heterocycles. The van der Waals surface area contributed by atoms with Crippen molar-refractivity contribution in [1.82, 2.24) is 0 Å². The van der Waals surface area contributed by atoms with Crippen molar-refractivity contribution in [3.8, 4) is 22.6 Å². The molecule has 4 aromatic carbocycles. The van der Waals surface area contributed by atoms with Crippen LogP contribution in [0.1, 0.15) is 33.4 Å². The van der Waals surface area contributed by atoms with E-state index in [2.05, 4.69) is 98.8 Å². The van der Waals surface area contributed by atoms with Gasteiger partial charge in [0.25, 0.3) is 0 Å². The zero-order chi connectivity index (χ0) is 30.6. The minimum absolute atomic E-state index is 0.484. The highest BCUT2D eigenvalue weighted by molar-refractivity contribution is 5.86. The molecule has 7 rings (SSSR count). The first-order valence-corrected chi connectivity index (χ1v) is 16.1. The van der Waals surface area contributed by atoms with E-state index in [0.29, 0.717) is 38.3 Å². The third-order valence-electron chi connectivity index (χ3n) is 9.26. The zero-order valence-electron chi connectivity index (χ0n) is 26.3. The zero-order valence-corrected chi connectivity index (χ0v) is 26.3. The molecule has 234 valence electrons. The van der Waals surface area contributed by atoms with Gasteiger partial charge in [-0.05, 0) is 70.5 Å². The van der Waals surface area contributed by atoms with Crippen LogP contribution in [-0.2, 0) is 24.4 Å². The van der Waals surface area contributed by atoms with Crippen LogP contribution >= 0.6 is 0 Å². The Morgan fingerprint density at radius 1 is 0.578 bits per heavy atom. The molecule has 2 saturated heterocycles. The lowest BCUT2D eigenvalue weighted by molar-refractivity contribution is -0.0739. The van der Waals surface area contributed by atoms with Gasteiger partial charge in [0.2, 0.25) is 0 Å². The van der Waals surface area contributed by atoms with E-state index in [1.165, 1.54) is 33.4 Å². The lowest BCUT2D eigenvalue weighted by Crippen LogP contribution is -2.32. The quantitative estimate of drug-likeness (QED) is 0.130. The fourth-order valence-corrected chi connectivity index (χ4v) is 6.80. The van der Waals surface area contributed by atoms with Gasteiger partial charge in [-0.25, -0.2) is 0 Å². The van der Waals surface area contributed by atoms with Crippen molar-refractivity contribution in [2.45, 2.75) is 19.3 Å². The largest absolute Gasteiger partial charge is 0.491 e. The molecule has 0 aromatic heterocycles. The van der Waals surface area contributed by atoms with Gasteiger partial charge in [0.05, 0.1) is 58.3 Å². The predicted molar refractivity (Wildman–Crippen MR) is 174 cm³/mol. The Kier molecular flexibility index (Phi) is 8.90. The molecule has 3 aliphatic rings. The predicted octanol–water partition coefficient (Wildman–Crippen LogP) is 6.75. The molecule has 45 heavy (non-hydrogen) atoms. The monoisotopic (exact) mass is 606 g/mol. The molecular formula is C39H42O6. The SMILES string of the molecule is Cc1cc(C2(c3ccc(OCCOCC4COC4)c(C)c3)c3ccccc3-c3ccccc32)ccc1OCCOCC1COC1. The summed E-state index contributed by atoms with van der Waals surface area (Å²) in [6.45, 7) is 11.1. The minimum Gasteiger partial charge on any atom is -0.491 e. The van der Waals surface area contributed by atoms with Gasteiger partial charge in [0, 0.05) is 11.8 Å². The maximum atomic E-state index is 6.19. The molecule has 6 nitrogen and oxygen atoms in total. The van der Waals surface area contributed by atoms with Crippen LogP contribution in [0, 0.1) is 25.7 Å². The topological polar surface area (TPSA) is 55.4 Å². The maximum absolute atomic E-state index is 6.19. The number of benzene rings is 4. The summed E-state index contributed by atoms with van der Waals surface area (Å²) in [6, 6.07) is 30.9. The summed E-state index contributed by atoms with van der Waals surface area (Å²) in [6.07, 6.45) is 0. The normalized spacial score (nSPS) is 16.8. The molecule has 4 aromatic rings. The standard InChI is InChI=1S/C39H42O6/c1-27-19-31(11-13-37(27)44-17-15-40-21-29-23-42-24-29)39(35-9-5-3-7-33(35)34-8-4-6-10-36(34)39)32-12-14-38(28(2)20-32)45-18-16-41-22-30-25-43-26-30/h3-14,19-20,29-30H,15-18,21-26H2,1-2H3. The van der Waals surface area contributed by atoms with Crippen LogP contribution in [0.15, 0.2) is 84.9 Å². The Hall–Kier alpha value is -3.68. The van der Waals surface area contributed by atoms with Crippen LogP contribution in [0.5, 0.6) is 11.5 Å². The van der Waals surface area contributed by atoms with Gasteiger partial charge in [0.1, 0.15) is 24.7 Å². The van der Waals surface area contributed by atoms with E-state index in [1.54, 1.807) is 0 Å². The lowest BCUT2D eigenvalue weighted by atomic mass is 9.67. The molecule has 1 aliphatic carbocycles. The molecule has 0 N–H and O–H groups in total. The molecule has 0 saturated carbocycles. The summed E-state index contributed by atoms with van der Waals surface area (Å²) in [5, 5.41) is 0. The Labute approximate surface area is 266 Å². The van der Waals surface area contributed by atoms with E-state index in [1.807, 2.05) is 0 Å². The molecular weight excluding hydrogens is 564 g/mol. The number of rotatable bonds is 14. The Balaban J connectivity index is 1.17. The second-order valence-electron chi connectivity index (χ2n) is 12.5. The fraction of sp³-hybridized carbons (Fsp3) is 0.385. The highest BCUT2D eigenvalue weighted by atomic mass is 16.5. The molecule has 6 heteroatoms. The van der Waals surface area contributed by atoms with Gasteiger partial charge in [-0.1, -0.05) is 72.8 Å². The summed E-state index contributed by atoms with van der Waals surface area (Å²) >= 11 is 0. The first kappa shape index (κ1) is 30.0. The second kappa shape index (κ2) is 13.4. The van der Waals surface area contributed by atoms with E-state index in [-0.39, 0.29) is 0 Å². The molecule has 0 unspecified atom stereocenters. The first-order chi connectivity index (χ1) is 22.1. The van der Waals surface area contributed by atoms with Crippen molar-refractivity contribution in [3.63, 3.8) is 0 Å². The van der Waals surface area contributed by atoms with Crippen molar-refractivity contribution in [2.75, 3.05) is 66.1 Å². The number of hydrogen-bond acceptors (Lipinski definition) is 6. The van der Waals surface area contributed by atoms with Crippen LogP contribution in [0.4, 0.5) is 0 Å². The summed E-state index contributed by atoms with van der Waals surface area (Å²) in [7, 11) is 0. The molecule has 0 bridgehead atoms. The summed E-state index contributed by atoms with van der Waals surface area (Å²) < 4.78 is 34.5. The van der Waals surface area contributed by atoms with E-state index >= 15 is 0 Å². The molecule has 0 atom stereocenters. The highest BCUT2D eigenvalue weighted by Gasteiger charge is 2.46. The van der Waals surface area contributed by atoms with Crippen LogP contribution < -0.4 is 9.47 Å². The Morgan fingerprint density at radius 3 is 1.42 bits per heavy atom. The smallest absolute Gasteiger partial charge is 0.122 e. The lowest BCUT2D eigenvalue weighted by Gasteiger charge is -2.34. The van der Waals surface area contributed by atoms with Gasteiger partial charge < -0.3 is 28.4 Å². The van der Waals surface area contributed by atoms with E-state index < -0.39 is 5.41 Å². The van der Waals surface area contributed by atoms with Gasteiger partial charge in [-0.3, -0.25) is 0 Å². The van der Waals surface area contributed by atoms with Gasteiger partial charge in [-0.2, -0.15) is 0 Å². The number of aryl methyl sites for hydroxylation is 2. The van der Waals surface area contributed by atoms with Crippen LogP contribution in [-0.4, -0.2) is 66.1 Å². The van der Waals surface area contributed by atoms with Crippen molar-refractivity contribution in [3.05, 3.63) is 118 Å². The average Bonchev–Trinajstić information content (AvgIpc) is 3.31. The van der Waals surface area contributed by atoms with Crippen LogP contribution in [0.25, 0.3) is 11.1 Å². The van der Waals surface area contributed by atoms with Crippen LogP contribution in [0.3, 0.4) is 0 Å². The van der Waals surface area contributed by atoms with E-state index in [9.17, 15) is 0 Å². The minimum atomic E-state index is -0.484. The number of fused-ring (bicyclic) bond motifs is 3. The molecule has 0 amide bonds. The van der Waals surface area contributed by atoms with Crippen LogP contribution in [0.2, 0.25) is 0 Å². The van der Waals surface area contributed by atoms with Gasteiger partial charge in [-0.15, -0.1) is 0 Å². The van der Waals surface area contributed by atoms with Gasteiger partial charge >= 0.3 is 0 Å². The molecule has 0 radical (unpaired) electrons. The number of hydrogen-bond donors (Lipinski definition) is 0. The van der Waals surface area contributed by atoms with Crippen molar-refractivity contribution in [2.24, 2.45) is 11.8 Å². The third-order valence-corrected chi connectivity index (χ3v) is 9.26. The molecule has 0 spiro atoms. The molecule has 2 aliphatic heterocycles. The van der Waals surface area contributed by atoms with E-state index in [4.69, 9.17) is 28.4 Å². The number of ether oxygens (including phenoxy) is 6. The van der Waals surface area contributed by atoms with E-state index in [0.717, 1.165) is 62.3 Å². The Morgan fingerprint density at radius 2 is 1.02 bits per heavy atom. The summed E-state index contributed by atoms with van der Waals surface area (Å²) in [5.41, 5.74) is 9.27. The van der Waals surface area contributed by atoms with Crippen molar-refractivity contribution >= 4 is 0 Å². The highest BCUT2D eigenvalue weighted by Crippen LogP contribution is 2.56. The molecule has 2 fully saturated rings. The fourth-order valence-electron chi connectivity index (χ4n) is 6.80. The third kappa shape index (κ3) is 5.88. The van der Waals surface area contributed by atoms with Crippen molar-refractivity contribution in [1.29, 1.82) is 0 Å². The first-order valence-electron chi connectivity index (χ1n) is 16.1. The average molecular weight is 607 g/mol. The maximum Gasteiger partial charge on any atom is 0.122 e. The van der Waals surface area contributed by atoms with Crippen molar-refractivity contribution < 1.29 is 28.4 Å². The second-order valence-corrected chi connectivity index (χ2v) is 12.5. The summed E-state index contributed by atoms with van der Waals surface area (Å²) in [5.74, 6) is 2.82. The van der Waals surface area contributed by atoms with Gasteiger partial charge in [0.15, 0.2) is 0 Å². The Bertz CT molecular complexity index is 1500.